The summed E-state index contributed by atoms with van der Waals surface area (Å²) in [5.41, 5.74) is 2.66. The second kappa shape index (κ2) is 7.89. The van der Waals surface area contributed by atoms with E-state index in [4.69, 9.17) is 16.3 Å². The molecule has 0 spiro atoms. The molecule has 0 aliphatic heterocycles. The van der Waals surface area contributed by atoms with E-state index in [2.05, 4.69) is 10.3 Å². The summed E-state index contributed by atoms with van der Waals surface area (Å²) in [5.74, 6) is 0.189. The standard InChI is InChI=1S/C20H18ClN3O2/c1-24(15-6-4-3-5-7-15)16-10-11-22-18(13-16)20(25)23-17-12-14(21)8-9-19(17)26-2/h3-13H,1-2H3,(H,23,25). The van der Waals surface area contributed by atoms with Crippen molar-refractivity contribution < 1.29 is 9.53 Å². The Balaban J connectivity index is 1.84. The van der Waals surface area contributed by atoms with Gasteiger partial charge >= 0.3 is 0 Å². The first-order valence-electron chi connectivity index (χ1n) is 7.98. The van der Waals surface area contributed by atoms with Gasteiger partial charge in [-0.15, -0.1) is 0 Å². The minimum absolute atomic E-state index is 0.298. The SMILES string of the molecule is COc1ccc(Cl)cc1NC(=O)c1cc(N(C)c2ccccc2)ccn1. The predicted octanol–water partition coefficient (Wildman–Crippen LogP) is 4.76. The van der Waals surface area contributed by atoms with E-state index in [9.17, 15) is 4.79 Å². The molecule has 1 N–H and O–H groups in total. The van der Waals surface area contributed by atoms with Crippen LogP contribution >= 0.6 is 11.6 Å². The van der Waals surface area contributed by atoms with E-state index in [-0.39, 0.29) is 5.91 Å². The van der Waals surface area contributed by atoms with Gasteiger partial charge in [0.05, 0.1) is 12.8 Å². The number of ether oxygens (including phenoxy) is 1. The van der Waals surface area contributed by atoms with Gasteiger partial charge in [0.1, 0.15) is 11.4 Å². The summed E-state index contributed by atoms with van der Waals surface area (Å²) in [4.78, 5) is 18.8. The van der Waals surface area contributed by atoms with Crippen LogP contribution in [0.25, 0.3) is 0 Å². The number of hydrogen-bond acceptors (Lipinski definition) is 4. The van der Waals surface area contributed by atoms with Crippen molar-refractivity contribution in [3.63, 3.8) is 0 Å². The Morgan fingerprint density at radius 2 is 1.85 bits per heavy atom. The summed E-state index contributed by atoms with van der Waals surface area (Å²) in [6, 6.07) is 18.5. The zero-order valence-electron chi connectivity index (χ0n) is 14.4. The number of aromatic nitrogens is 1. The van der Waals surface area contributed by atoms with Gasteiger partial charge in [0, 0.05) is 29.6 Å². The highest BCUT2D eigenvalue weighted by molar-refractivity contribution is 6.31. The Morgan fingerprint density at radius 1 is 1.08 bits per heavy atom. The molecule has 132 valence electrons. The number of carbonyl (C=O) groups is 1. The van der Waals surface area contributed by atoms with E-state index in [0.717, 1.165) is 11.4 Å². The lowest BCUT2D eigenvalue weighted by Gasteiger charge is -2.19. The molecule has 0 fully saturated rings. The molecule has 1 amide bonds. The van der Waals surface area contributed by atoms with Gasteiger partial charge in [-0.2, -0.15) is 0 Å². The Labute approximate surface area is 157 Å². The van der Waals surface area contributed by atoms with Gasteiger partial charge in [-0.25, -0.2) is 0 Å². The van der Waals surface area contributed by atoms with Crippen LogP contribution in [0.15, 0.2) is 66.9 Å². The molecule has 26 heavy (non-hydrogen) atoms. The van der Waals surface area contributed by atoms with Crippen LogP contribution in [-0.4, -0.2) is 25.0 Å². The monoisotopic (exact) mass is 367 g/mol. The molecule has 0 aliphatic carbocycles. The predicted molar refractivity (Wildman–Crippen MR) is 105 cm³/mol. The van der Waals surface area contributed by atoms with Crippen LogP contribution in [0, 0.1) is 0 Å². The molecular formula is C20H18ClN3O2. The van der Waals surface area contributed by atoms with E-state index in [1.807, 2.05) is 48.3 Å². The fourth-order valence-corrected chi connectivity index (χ4v) is 2.69. The molecule has 0 saturated heterocycles. The zero-order chi connectivity index (χ0) is 18.5. The first kappa shape index (κ1) is 17.8. The number of para-hydroxylation sites is 1. The van der Waals surface area contributed by atoms with Crippen LogP contribution in [0.1, 0.15) is 10.5 Å². The van der Waals surface area contributed by atoms with Crippen LogP contribution in [0.3, 0.4) is 0 Å². The summed E-state index contributed by atoms with van der Waals surface area (Å²) in [6.45, 7) is 0. The molecule has 5 nitrogen and oxygen atoms in total. The molecule has 1 heterocycles. The quantitative estimate of drug-likeness (QED) is 0.706. The van der Waals surface area contributed by atoms with Gasteiger partial charge in [0.15, 0.2) is 0 Å². The Hall–Kier alpha value is -3.05. The molecule has 0 atom stereocenters. The minimum Gasteiger partial charge on any atom is -0.495 e. The van der Waals surface area contributed by atoms with Gasteiger partial charge < -0.3 is 15.0 Å². The van der Waals surface area contributed by atoms with Crippen LogP contribution in [0.2, 0.25) is 5.02 Å². The number of hydrogen-bond donors (Lipinski definition) is 1. The van der Waals surface area contributed by atoms with E-state index >= 15 is 0 Å². The third kappa shape index (κ3) is 3.95. The normalized spacial score (nSPS) is 10.3. The van der Waals surface area contributed by atoms with Crippen molar-refractivity contribution in [3.8, 4) is 5.75 Å². The van der Waals surface area contributed by atoms with E-state index in [0.29, 0.717) is 22.2 Å². The molecular weight excluding hydrogens is 350 g/mol. The zero-order valence-corrected chi connectivity index (χ0v) is 15.2. The maximum Gasteiger partial charge on any atom is 0.274 e. The number of nitrogens with zero attached hydrogens (tertiary/aromatic N) is 2. The third-order valence-electron chi connectivity index (χ3n) is 3.92. The first-order chi connectivity index (χ1) is 12.6. The van der Waals surface area contributed by atoms with Gasteiger partial charge in [-0.05, 0) is 42.5 Å². The van der Waals surface area contributed by atoms with Crippen molar-refractivity contribution in [1.29, 1.82) is 0 Å². The number of halogens is 1. The lowest BCUT2D eigenvalue weighted by atomic mass is 10.2. The fourth-order valence-electron chi connectivity index (χ4n) is 2.52. The van der Waals surface area contributed by atoms with E-state index < -0.39 is 0 Å². The van der Waals surface area contributed by atoms with Crippen molar-refractivity contribution in [2.24, 2.45) is 0 Å². The van der Waals surface area contributed by atoms with Crippen molar-refractivity contribution >= 4 is 34.6 Å². The summed E-state index contributed by atoms with van der Waals surface area (Å²) in [5, 5.41) is 3.30. The number of nitrogens with one attached hydrogen (secondary N) is 1. The number of anilines is 3. The molecule has 3 rings (SSSR count). The number of carbonyl (C=O) groups excluding carboxylic acids is 1. The average Bonchev–Trinajstić information content (AvgIpc) is 2.68. The number of rotatable bonds is 5. The summed E-state index contributed by atoms with van der Waals surface area (Å²) >= 11 is 6.01. The van der Waals surface area contributed by atoms with Crippen LogP contribution in [0.4, 0.5) is 17.1 Å². The smallest absolute Gasteiger partial charge is 0.274 e. The highest BCUT2D eigenvalue weighted by Gasteiger charge is 2.13. The van der Waals surface area contributed by atoms with Crippen molar-refractivity contribution in [3.05, 3.63) is 77.6 Å². The number of amides is 1. The average molecular weight is 368 g/mol. The molecule has 3 aromatic rings. The third-order valence-corrected chi connectivity index (χ3v) is 4.15. The lowest BCUT2D eigenvalue weighted by molar-refractivity contribution is 0.102. The van der Waals surface area contributed by atoms with Gasteiger partial charge in [-0.3, -0.25) is 9.78 Å². The number of pyridine rings is 1. The van der Waals surface area contributed by atoms with E-state index in [1.54, 1.807) is 30.5 Å². The number of methoxy groups -OCH3 is 1. The molecule has 2 aromatic carbocycles. The second-order valence-corrected chi connectivity index (χ2v) is 6.03. The molecule has 0 unspecified atom stereocenters. The van der Waals surface area contributed by atoms with Gasteiger partial charge in [-0.1, -0.05) is 29.8 Å². The van der Waals surface area contributed by atoms with Crippen LogP contribution in [0.5, 0.6) is 5.75 Å². The summed E-state index contributed by atoms with van der Waals surface area (Å²) < 4.78 is 5.25. The fraction of sp³-hybridized carbons (Fsp3) is 0.100. The second-order valence-electron chi connectivity index (χ2n) is 5.59. The summed E-state index contributed by atoms with van der Waals surface area (Å²) in [7, 11) is 3.47. The van der Waals surface area contributed by atoms with Gasteiger partial charge in [0.25, 0.3) is 5.91 Å². The highest BCUT2D eigenvalue weighted by Crippen LogP contribution is 2.28. The Kier molecular flexibility index (Phi) is 5.39. The molecule has 0 aliphatic rings. The molecule has 6 heteroatoms. The Morgan fingerprint density at radius 3 is 2.58 bits per heavy atom. The highest BCUT2D eigenvalue weighted by atomic mass is 35.5. The van der Waals surface area contributed by atoms with Crippen molar-refractivity contribution in [2.45, 2.75) is 0 Å². The van der Waals surface area contributed by atoms with Crippen molar-refractivity contribution in [1.82, 2.24) is 4.98 Å². The van der Waals surface area contributed by atoms with E-state index in [1.165, 1.54) is 7.11 Å². The molecule has 1 aromatic heterocycles. The minimum atomic E-state index is -0.339. The molecule has 0 bridgehead atoms. The Bertz CT molecular complexity index is 916. The molecule has 0 saturated carbocycles. The molecule has 0 radical (unpaired) electrons. The van der Waals surface area contributed by atoms with Crippen LogP contribution in [-0.2, 0) is 0 Å². The largest absolute Gasteiger partial charge is 0.495 e. The maximum absolute atomic E-state index is 12.6. The van der Waals surface area contributed by atoms with Crippen LogP contribution < -0.4 is 15.0 Å². The maximum atomic E-state index is 12.6. The summed E-state index contributed by atoms with van der Waals surface area (Å²) in [6.07, 6.45) is 1.61. The van der Waals surface area contributed by atoms with Crippen molar-refractivity contribution in [2.75, 3.05) is 24.4 Å². The topological polar surface area (TPSA) is 54.5 Å². The van der Waals surface area contributed by atoms with Gasteiger partial charge in [0.2, 0.25) is 0 Å². The number of benzene rings is 2. The first-order valence-corrected chi connectivity index (χ1v) is 8.36. The lowest BCUT2D eigenvalue weighted by Crippen LogP contribution is -2.16.